The van der Waals surface area contributed by atoms with Gasteiger partial charge in [0.05, 0.1) is 5.92 Å². The fourth-order valence-electron chi connectivity index (χ4n) is 2.18. The number of hydrogen-bond acceptors (Lipinski definition) is 6. The maximum absolute atomic E-state index is 11.8. The van der Waals surface area contributed by atoms with Crippen LogP contribution in [0.3, 0.4) is 0 Å². The van der Waals surface area contributed by atoms with Crippen LogP contribution in [0.1, 0.15) is 11.5 Å². The molecule has 0 bridgehead atoms. The molecule has 1 heterocycles. The Hall–Kier alpha value is -2.97. The van der Waals surface area contributed by atoms with Crippen LogP contribution in [0.2, 0.25) is 0 Å². The van der Waals surface area contributed by atoms with E-state index in [0.29, 0.717) is 5.56 Å². The summed E-state index contributed by atoms with van der Waals surface area (Å²) in [5, 5.41) is 23.9. The summed E-state index contributed by atoms with van der Waals surface area (Å²) in [5.41, 5.74) is 0.342. The van der Waals surface area contributed by atoms with E-state index in [9.17, 15) is 29.6 Å². The zero-order chi connectivity index (χ0) is 15.6. The Balaban J connectivity index is 2.37. The molecule has 0 radical (unpaired) electrons. The zero-order valence-electron chi connectivity index (χ0n) is 10.6. The number of nitro groups is 1. The van der Waals surface area contributed by atoms with Gasteiger partial charge < -0.3 is 5.11 Å². The maximum atomic E-state index is 11.8. The van der Waals surface area contributed by atoms with Gasteiger partial charge in [0.15, 0.2) is 0 Å². The Morgan fingerprint density at radius 2 is 1.67 bits per heavy atom. The van der Waals surface area contributed by atoms with E-state index in [0.717, 1.165) is 0 Å². The van der Waals surface area contributed by atoms with Gasteiger partial charge in [-0.15, -0.1) is 0 Å². The smallest absolute Gasteiger partial charge is 0.328 e. The minimum atomic E-state index is -1.39. The quantitative estimate of drug-likeness (QED) is 0.397. The molecular weight excluding hydrogens is 282 g/mol. The molecular formula is C12H11N3O6. The second-order valence-electron chi connectivity index (χ2n) is 4.50. The maximum Gasteiger partial charge on any atom is 0.328 e. The Bertz CT molecular complexity index is 592. The molecule has 1 fully saturated rings. The van der Waals surface area contributed by atoms with E-state index in [1.807, 2.05) is 10.6 Å². The number of nitrogens with zero attached hydrogens (tertiary/aromatic N) is 1. The van der Waals surface area contributed by atoms with Gasteiger partial charge in [-0.2, -0.15) is 0 Å². The van der Waals surface area contributed by atoms with Crippen LogP contribution in [0.4, 0.5) is 4.79 Å². The number of aromatic hydroxyl groups is 1. The third-order valence-electron chi connectivity index (χ3n) is 3.11. The lowest BCUT2D eigenvalue weighted by atomic mass is 9.84. The van der Waals surface area contributed by atoms with Gasteiger partial charge in [-0.1, -0.05) is 12.1 Å². The highest BCUT2D eigenvalue weighted by Gasteiger charge is 2.43. The Morgan fingerprint density at radius 3 is 2.14 bits per heavy atom. The Morgan fingerprint density at radius 1 is 1.14 bits per heavy atom. The van der Waals surface area contributed by atoms with Crippen molar-refractivity contribution in [2.45, 2.75) is 5.92 Å². The highest BCUT2D eigenvalue weighted by Crippen LogP contribution is 2.28. The van der Waals surface area contributed by atoms with E-state index in [4.69, 9.17) is 0 Å². The van der Waals surface area contributed by atoms with Crippen molar-refractivity contribution in [1.82, 2.24) is 10.6 Å². The number of amides is 4. The average molecular weight is 293 g/mol. The summed E-state index contributed by atoms with van der Waals surface area (Å²) in [6.07, 6.45) is 0. The lowest BCUT2D eigenvalue weighted by molar-refractivity contribution is -0.484. The second kappa shape index (κ2) is 5.57. The number of barbiturate groups is 1. The predicted molar refractivity (Wildman–Crippen MR) is 67.9 cm³/mol. The molecule has 4 amide bonds. The van der Waals surface area contributed by atoms with E-state index < -0.39 is 41.1 Å². The van der Waals surface area contributed by atoms with Crippen molar-refractivity contribution in [1.29, 1.82) is 0 Å². The van der Waals surface area contributed by atoms with Gasteiger partial charge in [0.2, 0.25) is 18.4 Å². The van der Waals surface area contributed by atoms with Crippen LogP contribution in [0.15, 0.2) is 24.3 Å². The largest absolute Gasteiger partial charge is 0.508 e. The van der Waals surface area contributed by atoms with Crippen LogP contribution < -0.4 is 10.6 Å². The van der Waals surface area contributed by atoms with Crippen molar-refractivity contribution in [3.63, 3.8) is 0 Å². The first-order chi connectivity index (χ1) is 9.88. The molecule has 1 aromatic rings. The normalized spacial score (nSPS) is 17.0. The SMILES string of the molecule is O=C1NC(=O)C(C(C[N+](=O)[O-])c2ccc(O)cc2)C(=O)N1. The molecule has 1 unspecified atom stereocenters. The minimum Gasteiger partial charge on any atom is -0.508 e. The van der Waals surface area contributed by atoms with Crippen molar-refractivity contribution in [3.05, 3.63) is 39.9 Å². The van der Waals surface area contributed by atoms with Crippen LogP contribution in [0.5, 0.6) is 5.75 Å². The number of phenolic OH excluding ortho intramolecular Hbond substituents is 1. The molecule has 0 aliphatic carbocycles. The van der Waals surface area contributed by atoms with Crippen molar-refractivity contribution in [2.75, 3.05) is 6.54 Å². The molecule has 1 aliphatic rings. The summed E-state index contributed by atoms with van der Waals surface area (Å²) in [7, 11) is 0. The van der Waals surface area contributed by atoms with Crippen molar-refractivity contribution in [2.24, 2.45) is 5.92 Å². The van der Waals surface area contributed by atoms with Crippen LogP contribution >= 0.6 is 0 Å². The van der Waals surface area contributed by atoms with Crippen LogP contribution in [-0.2, 0) is 9.59 Å². The number of rotatable bonds is 4. The first kappa shape index (κ1) is 14.4. The van der Waals surface area contributed by atoms with E-state index >= 15 is 0 Å². The number of benzene rings is 1. The first-order valence-corrected chi connectivity index (χ1v) is 5.95. The van der Waals surface area contributed by atoms with E-state index in [1.54, 1.807) is 0 Å². The molecule has 1 aromatic carbocycles. The summed E-state index contributed by atoms with van der Waals surface area (Å²) in [6.45, 7) is -0.662. The molecule has 110 valence electrons. The molecule has 0 saturated carbocycles. The summed E-state index contributed by atoms with van der Waals surface area (Å²) >= 11 is 0. The molecule has 0 aromatic heterocycles. The van der Waals surface area contributed by atoms with Gasteiger partial charge in [0, 0.05) is 4.92 Å². The molecule has 1 atom stereocenters. The van der Waals surface area contributed by atoms with E-state index in [2.05, 4.69) is 0 Å². The fourth-order valence-corrected chi connectivity index (χ4v) is 2.18. The van der Waals surface area contributed by atoms with Gasteiger partial charge in [-0.05, 0) is 17.7 Å². The van der Waals surface area contributed by atoms with Crippen molar-refractivity contribution >= 4 is 17.8 Å². The molecule has 1 saturated heterocycles. The van der Waals surface area contributed by atoms with Gasteiger partial charge in [0.25, 0.3) is 0 Å². The van der Waals surface area contributed by atoms with Crippen LogP contribution in [0.25, 0.3) is 0 Å². The van der Waals surface area contributed by atoms with Gasteiger partial charge >= 0.3 is 6.03 Å². The molecule has 9 heteroatoms. The lowest BCUT2D eigenvalue weighted by Gasteiger charge is -2.26. The molecule has 0 spiro atoms. The molecule has 2 rings (SSSR count). The lowest BCUT2D eigenvalue weighted by Crippen LogP contribution is -2.57. The van der Waals surface area contributed by atoms with E-state index in [1.165, 1.54) is 24.3 Å². The van der Waals surface area contributed by atoms with Crippen molar-refractivity contribution in [3.8, 4) is 5.75 Å². The number of urea groups is 1. The summed E-state index contributed by atoms with van der Waals surface area (Å²) in [6, 6.07) is 4.42. The molecule has 3 N–H and O–H groups in total. The predicted octanol–water partition coefficient (Wildman–Crippen LogP) is -0.265. The number of phenols is 1. The first-order valence-electron chi connectivity index (χ1n) is 5.95. The summed E-state index contributed by atoms with van der Waals surface area (Å²) in [5.74, 6) is -4.26. The summed E-state index contributed by atoms with van der Waals surface area (Å²) in [4.78, 5) is 44.8. The average Bonchev–Trinajstić information content (AvgIpc) is 2.37. The Labute approximate surface area is 118 Å². The molecule has 21 heavy (non-hydrogen) atoms. The number of imide groups is 2. The third-order valence-corrected chi connectivity index (χ3v) is 3.11. The molecule has 1 aliphatic heterocycles. The van der Waals surface area contributed by atoms with E-state index in [-0.39, 0.29) is 5.75 Å². The Kier molecular flexibility index (Phi) is 3.83. The summed E-state index contributed by atoms with van der Waals surface area (Å²) < 4.78 is 0. The second-order valence-corrected chi connectivity index (χ2v) is 4.50. The van der Waals surface area contributed by atoms with Gasteiger partial charge in [0.1, 0.15) is 11.7 Å². The topological polar surface area (TPSA) is 139 Å². The number of hydrogen-bond donors (Lipinski definition) is 3. The third kappa shape index (κ3) is 3.14. The van der Waals surface area contributed by atoms with Crippen LogP contribution in [0, 0.1) is 16.0 Å². The van der Waals surface area contributed by atoms with Gasteiger partial charge in [-0.3, -0.25) is 30.3 Å². The number of carbonyl (C=O) groups is 3. The standard InChI is InChI=1S/C12H11N3O6/c16-7-3-1-6(2-4-7)8(5-15(20)21)9-10(17)13-12(19)14-11(9)18/h1-4,8-9,16H,5H2,(H2,13,14,17,18,19). The fraction of sp³-hybridized carbons (Fsp3) is 0.250. The van der Waals surface area contributed by atoms with Crippen LogP contribution in [-0.4, -0.2) is 34.4 Å². The number of nitrogens with one attached hydrogen (secondary N) is 2. The minimum absolute atomic E-state index is 0.0497. The van der Waals surface area contributed by atoms with Crippen molar-refractivity contribution < 1.29 is 24.4 Å². The van der Waals surface area contributed by atoms with Gasteiger partial charge in [-0.25, -0.2) is 4.79 Å². The number of carbonyl (C=O) groups excluding carboxylic acids is 3. The zero-order valence-corrected chi connectivity index (χ0v) is 10.6. The highest BCUT2D eigenvalue weighted by atomic mass is 16.6. The molecule has 9 nitrogen and oxygen atoms in total. The highest BCUT2D eigenvalue weighted by molar-refractivity contribution is 6.16. The monoisotopic (exact) mass is 293 g/mol.